The molecule has 0 bridgehead atoms. The Balaban J connectivity index is 0.830. The normalized spacial score (nSPS) is 16.5. The van der Waals surface area contributed by atoms with E-state index in [0.717, 1.165) is 66.7 Å². The molecule has 0 amide bonds. The highest BCUT2D eigenvalue weighted by Crippen LogP contribution is 2.40. The van der Waals surface area contributed by atoms with E-state index in [4.69, 9.17) is 66.1 Å². The maximum atomic E-state index is 13.0. The minimum absolute atomic E-state index is 0.210. The maximum absolute atomic E-state index is 13.0. The Morgan fingerprint density at radius 1 is 0.660 bits per heavy atom. The number of carbonyl (C=O) groups is 1. The number of hydrogen-bond acceptors (Lipinski definition) is 10. The van der Waals surface area contributed by atoms with Gasteiger partial charge in [-0.25, -0.2) is 4.79 Å². The van der Waals surface area contributed by atoms with Crippen LogP contribution in [-0.2, 0) is 36.9 Å². The standard InChI is InChI=1S/C41H42Cl2O10/c42-37-17-27(5-11-39(37)47-15-3-1-13-45-23-33-25-49-33)22-51-53-32-8-10-36-30(20-32)18-29-19-31(7-9-35(29)36)52-41(44)28-6-12-40(38(43)21-28)48-16-4-2-14-46-24-34-26-50-34/h5-12,17,19-21,33-34H,1-4,13-16,18,22-26H2. The summed E-state index contributed by atoms with van der Waals surface area (Å²) in [6, 6.07) is 22.0. The van der Waals surface area contributed by atoms with Gasteiger partial charge in [0.25, 0.3) is 0 Å². The molecule has 4 aromatic carbocycles. The van der Waals surface area contributed by atoms with Gasteiger partial charge in [-0.05, 0) is 115 Å². The van der Waals surface area contributed by atoms with Crippen molar-refractivity contribution in [3.8, 4) is 34.1 Å². The lowest BCUT2D eigenvalue weighted by Gasteiger charge is -2.11. The van der Waals surface area contributed by atoms with E-state index in [1.807, 2.05) is 48.5 Å². The molecule has 0 N–H and O–H groups in total. The Kier molecular flexibility index (Phi) is 13.0. The lowest BCUT2D eigenvalue weighted by Crippen LogP contribution is -2.09. The van der Waals surface area contributed by atoms with Gasteiger partial charge < -0.3 is 38.0 Å². The molecule has 4 aromatic rings. The Morgan fingerprint density at radius 3 is 1.83 bits per heavy atom. The van der Waals surface area contributed by atoms with Crippen LogP contribution in [0.2, 0.25) is 10.0 Å². The average Bonchev–Trinajstić information content (AvgIpc) is 4.10. The number of esters is 1. The Labute approximate surface area is 319 Å². The highest BCUT2D eigenvalue weighted by atomic mass is 35.5. The molecule has 10 nitrogen and oxygen atoms in total. The lowest BCUT2D eigenvalue weighted by atomic mass is 10.1. The first-order valence-corrected chi connectivity index (χ1v) is 18.7. The van der Waals surface area contributed by atoms with E-state index in [1.54, 1.807) is 24.3 Å². The van der Waals surface area contributed by atoms with Crippen molar-refractivity contribution >= 4 is 29.2 Å². The molecule has 280 valence electrons. The van der Waals surface area contributed by atoms with Crippen molar-refractivity contribution in [1.82, 2.24) is 0 Å². The van der Waals surface area contributed by atoms with E-state index in [9.17, 15) is 4.79 Å². The number of epoxide rings is 2. The number of ether oxygens (including phenoxy) is 7. The molecule has 12 heteroatoms. The van der Waals surface area contributed by atoms with E-state index < -0.39 is 5.97 Å². The minimum Gasteiger partial charge on any atom is -0.492 e. The highest BCUT2D eigenvalue weighted by molar-refractivity contribution is 6.32. The van der Waals surface area contributed by atoms with Crippen molar-refractivity contribution in [2.24, 2.45) is 0 Å². The number of rotatable bonds is 22. The first-order chi connectivity index (χ1) is 26.0. The number of benzene rings is 4. The molecular formula is C41H42Cl2O10. The zero-order valence-corrected chi connectivity index (χ0v) is 30.8. The zero-order valence-electron chi connectivity index (χ0n) is 29.3. The summed E-state index contributed by atoms with van der Waals surface area (Å²) in [5, 5.41) is 0.868. The molecule has 1 aliphatic carbocycles. The second-order valence-corrected chi connectivity index (χ2v) is 13.9. The SMILES string of the molecule is O=C(Oc1ccc2c(c1)Cc1cc(OOCc3ccc(OCCCCOCC4CO4)c(Cl)c3)ccc1-2)c1ccc(OCCCCOCC2CO2)c(Cl)c1. The molecule has 2 saturated heterocycles. The van der Waals surface area contributed by atoms with Crippen LogP contribution >= 0.6 is 23.2 Å². The monoisotopic (exact) mass is 764 g/mol. The van der Waals surface area contributed by atoms with E-state index in [-0.39, 0.29) is 12.7 Å². The molecule has 53 heavy (non-hydrogen) atoms. The van der Waals surface area contributed by atoms with Crippen LogP contribution < -0.4 is 19.1 Å². The summed E-state index contributed by atoms with van der Waals surface area (Å²) in [6.07, 6.45) is 4.71. The maximum Gasteiger partial charge on any atom is 0.343 e. The Hall–Kier alpha value is -3.87. The topological polar surface area (TPSA) is 107 Å². The van der Waals surface area contributed by atoms with Crippen LogP contribution in [0.25, 0.3) is 11.1 Å². The molecule has 2 aliphatic heterocycles. The van der Waals surface area contributed by atoms with E-state index in [2.05, 4.69) is 0 Å². The smallest absolute Gasteiger partial charge is 0.343 e. The highest BCUT2D eigenvalue weighted by Gasteiger charge is 2.23. The summed E-state index contributed by atoms with van der Waals surface area (Å²) >= 11 is 12.9. The van der Waals surface area contributed by atoms with Gasteiger partial charge in [-0.1, -0.05) is 41.4 Å². The molecule has 0 spiro atoms. The number of fused-ring (bicyclic) bond motifs is 3. The fourth-order valence-electron chi connectivity index (χ4n) is 5.84. The summed E-state index contributed by atoms with van der Waals surface area (Å²) in [6.45, 7) is 5.56. The molecule has 2 heterocycles. The fourth-order valence-corrected chi connectivity index (χ4v) is 6.33. The van der Waals surface area contributed by atoms with Crippen LogP contribution in [-0.4, -0.2) is 71.0 Å². The third-order valence-corrected chi connectivity index (χ3v) is 9.46. The first-order valence-electron chi connectivity index (χ1n) is 18.0. The Bertz CT molecular complexity index is 1860. The van der Waals surface area contributed by atoms with Crippen molar-refractivity contribution in [2.45, 2.75) is 50.9 Å². The largest absolute Gasteiger partial charge is 0.492 e. The van der Waals surface area contributed by atoms with Gasteiger partial charge in [0, 0.05) is 13.2 Å². The van der Waals surface area contributed by atoms with Crippen molar-refractivity contribution in [2.75, 3.05) is 52.9 Å². The van der Waals surface area contributed by atoms with Crippen LogP contribution in [0.4, 0.5) is 0 Å². The summed E-state index contributed by atoms with van der Waals surface area (Å²) in [7, 11) is 0. The summed E-state index contributed by atoms with van der Waals surface area (Å²) in [5.41, 5.74) is 5.49. The van der Waals surface area contributed by atoms with Crippen LogP contribution in [0.3, 0.4) is 0 Å². The van der Waals surface area contributed by atoms with Crippen molar-refractivity contribution < 1.29 is 47.7 Å². The van der Waals surface area contributed by atoms with Crippen molar-refractivity contribution in [3.63, 3.8) is 0 Å². The van der Waals surface area contributed by atoms with Crippen LogP contribution in [0.5, 0.6) is 23.0 Å². The van der Waals surface area contributed by atoms with E-state index in [1.165, 1.54) is 0 Å². The Morgan fingerprint density at radius 2 is 1.23 bits per heavy atom. The first kappa shape index (κ1) is 37.4. The van der Waals surface area contributed by atoms with Gasteiger partial charge in [-0.15, -0.1) is 0 Å². The van der Waals surface area contributed by atoms with Gasteiger partial charge in [0.15, 0.2) is 5.75 Å². The molecule has 2 unspecified atom stereocenters. The molecule has 2 atom stereocenters. The second-order valence-electron chi connectivity index (χ2n) is 13.1. The number of unbranched alkanes of at least 4 members (excludes halogenated alkanes) is 2. The fraction of sp³-hybridized carbons (Fsp3) is 0.390. The number of halogens is 2. The van der Waals surface area contributed by atoms with Gasteiger partial charge >= 0.3 is 5.97 Å². The van der Waals surface area contributed by atoms with Crippen LogP contribution in [0.15, 0.2) is 72.8 Å². The predicted octanol–water partition coefficient (Wildman–Crippen LogP) is 8.44. The van der Waals surface area contributed by atoms with Crippen LogP contribution in [0, 0.1) is 0 Å². The van der Waals surface area contributed by atoms with Crippen LogP contribution in [0.1, 0.15) is 52.7 Å². The van der Waals surface area contributed by atoms with Gasteiger partial charge in [-0.2, -0.15) is 4.89 Å². The molecule has 2 fully saturated rings. The van der Waals surface area contributed by atoms with Crippen molar-refractivity contribution in [1.29, 1.82) is 0 Å². The van der Waals surface area contributed by atoms with Gasteiger partial charge in [0.1, 0.15) is 36.1 Å². The minimum atomic E-state index is -0.501. The summed E-state index contributed by atoms with van der Waals surface area (Å²) in [5.74, 6) is 1.69. The molecule has 0 aromatic heterocycles. The molecular weight excluding hydrogens is 723 g/mol. The second kappa shape index (κ2) is 18.4. The van der Waals surface area contributed by atoms with Gasteiger partial charge in [0.05, 0.1) is 55.3 Å². The lowest BCUT2D eigenvalue weighted by molar-refractivity contribution is -0.217. The average molecular weight is 766 g/mol. The molecule has 3 aliphatic rings. The summed E-state index contributed by atoms with van der Waals surface area (Å²) < 4.78 is 38.7. The number of carbonyl (C=O) groups excluding carboxylic acids is 1. The molecule has 0 saturated carbocycles. The summed E-state index contributed by atoms with van der Waals surface area (Å²) in [4.78, 5) is 24.2. The van der Waals surface area contributed by atoms with Gasteiger partial charge in [0.2, 0.25) is 0 Å². The molecule has 7 rings (SSSR count). The van der Waals surface area contributed by atoms with Gasteiger partial charge in [-0.3, -0.25) is 0 Å². The predicted molar refractivity (Wildman–Crippen MR) is 199 cm³/mol. The van der Waals surface area contributed by atoms with E-state index in [0.29, 0.717) is 90.8 Å². The van der Waals surface area contributed by atoms with E-state index >= 15 is 0 Å². The number of hydrogen-bond donors (Lipinski definition) is 0. The molecule has 0 radical (unpaired) electrons. The van der Waals surface area contributed by atoms with Crippen molar-refractivity contribution in [3.05, 3.63) is 105 Å². The zero-order chi connectivity index (χ0) is 36.4. The third-order valence-electron chi connectivity index (χ3n) is 8.87. The third kappa shape index (κ3) is 11.1. The quantitative estimate of drug-likeness (QED) is 0.0170.